The molecule has 1 saturated heterocycles. The van der Waals surface area contributed by atoms with Gasteiger partial charge in [-0.05, 0) is 18.8 Å². The lowest BCUT2D eigenvalue weighted by Crippen LogP contribution is -2.53. The number of methoxy groups -OCH3 is 1. The SMILES string of the molecule is COC(=O)C1COCC(C2CC2)N1. The maximum absolute atomic E-state index is 11.2. The molecular weight excluding hydrogens is 170 g/mol. The fourth-order valence-corrected chi connectivity index (χ4v) is 1.72. The molecule has 4 heteroatoms. The molecule has 2 fully saturated rings. The van der Waals surface area contributed by atoms with Crippen molar-refractivity contribution in [3.05, 3.63) is 0 Å². The van der Waals surface area contributed by atoms with E-state index in [9.17, 15) is 4.79 Å². The van der Waals surface area contributed by atoms with Gasteiger partial charge in [0.25, 0.3) is 0 Å². The number of ether oxygens (including phenoxy) is 2. The molecule has 0 aromatic rings. The van der Waals surface area contributed by atoms with Crippen LogP contribution in [0.15, 0.2) is 0 Å². The minimum absolute atomic E-state index is 0.217. The van der Waals surface area contributed by atoms with Crippen LogP contribution in [0.4, 0.5) is 0 Å². The van der Waals surface area contributed by atoms with Crippen LogP contribution in [0.2, 0.25) is 0 Å². The number of esters is 1. The minimum Gasteiger partial charge on any atom is -0.468 e. The van der Waals surface area contributed by atoms with Crippen LogP contribution in [-0.2, 0) is 14.3 Å². The second-order valence-corrected chi connectivity index (χ2v) is 3.72. The van der Waals surface area contributed by atoms with Crippen LogP contribution in [0.3, 0.4) is 0 Å². The Morgan fingerprint density at radius 1 is 1.46 bits per heavy atom. The standard InChI is InChI=1S/C9H15NO3/c1-12-9(11)8-5-13-4-7(10-8)6-2-3-6/h6-8,10H,2-5H2,1H3. The lowest BCUT2D eigenvalue weighted by atomic mass is 10.1. The summed E-state index contributed by atoms with van der Waals surface area (Å²) in [6.45, 7) is 1.17. The van der Waals surface area contributed by atoms with E-state index >= 15 is 0 Å². The Morgan fingerprint density at radius 2 is 2.23 bits per heavy atom. The molecule has 0 bridgehead atoms. The number of hydrogen-bond donors (Lipinski definition) is 1. The Balaban J connectivity index is 1.87. The highest BCUT2D eigenvalue weighted by Crippen LogP contribution is 2.33. The van der Waals surface area contributed by atoms with Gasteiger partial charge in [-0.15, -0.1) is 0 Å². The minimum atomic E-state index is -0.260. The van der Waals surface area contributed by atoms with Gasteiger partial charge in [0.05, 0.1) is 20.3 Å². The molecule has 2 unspecified atom stereocenters. The number of rotatable bonds is 2. The van der Waals surface area contributed by atoms with E-state index in [-0.39, 0.29) is 12.0 Å². The molecule has 1 saturated carbocycles. The summed E-state index contributed by atoms with van der Waals surface area (Å²) in [4.78, 5) is 11.2. The van der Waals surface area contributed by atoms with Crippen molar-refractivity contribution in [2.75, 3.05) is 20.3 Å². The average molecular weight is 185 g/mol. The van der Waals surface area contributed by atoms with Crippen LogP contribution in [-0.4, -0.2) is 38.4 Å². The number of nitrogens with one attached hydrogen (secondary N) is 1. The summed E-state index contributed by atoms with van der Waals surface area (Å²) >= 11 is 0. The zero-order chi connectivity index (χ0) is 9.26. The van der Waals surface area contributed by atoms with Gasteiger partial charge in [0.15, 0.2) is 0 Å². The molecule has 1 aliphatic heterocycles. The molecule has 1 aliphatic carbocycles. The molecule has 4 nitrogen and oxygen atoms in total. The van der Waals surface area contributed by atoms with Gasteiger partial charge in [-0.25, -0.2) is 0 Å². The molecule has 0 amide bonds. The van der Waals surface area contributed by atoms with Gasteiger partial charge in [0.1, 0.15) is 6.04 Å². The van der Waals surface area contributed by atoms with Crippen LogP contribution in [0.5, 0.6) is 0 Å². The van der Waals surface area contributed by atoms with Crippen molar-refractivity contribution < 1.29 is 14.3 Å². The molecular formula is C9H15NO3. The maximum atomic E-state index is 11.2. The van der Waals surface area contributed by atoms with Crippen molar-refractivity contribution in [2.24, 2.45) is 5.92 Å². The van der Waals surface area contributed by atoms with Gasteiger partial charge in [-0.2, -0.15) is 0 Å². The molecule has 2 aliphatic rings. The first kappa shape index (κ1) is 8.97. The van der Waals surface area contributed by atoms with Crippen molar-refractivity contribution in [3.63, 3.8) is 0 Å². The highest BCUT2D eigenvalue weighted by molar-refractivity contribution is 5.75. The smallest absolute Gasteiger partial charge is 0.325 e. The lowest BCUT2D eigenvalue weighted by molar-refractivity contribution is -0.147. The van der Waals surface area contributed by atoms with E-state index in [1.165, 1.54) is 20.0 Å². The molecule has 74 valence electrons. The molecule has 13 heavy (non-hydrogen) atoms. The van der Waals surface area contributed by atoms with Crippen molar-refractivity contribution in [1.82, 2.24) is 5.32 Å². The highest BCUT2D eigenvalue weighted by Gasteiger charge is 2.37. The Kier molecular flexibility index (Phi) is 2.51. The summed E-state index contributed by atoms with van der Waals surface area (Å²) < 4.78 is 10.0. The third-order valence-electron chi connectivity index (χ3n) is 2.67. The first-order chi connectivity index (χ1) is 6.31. The van der Waals surface area contributed by atoms with Gasteiger partial charge in [-0.1, -0.05) is 0 Å². The average Bonchev–Trinajstić information content (AvgIpc) is 3.00. The molecule has 2 rings (SSSR count). The largest absolute Gasteiger partial charge is 0.468 e. The van der Waals surface area contributed by atoms with E-state index in [1.54, 1.807) is 0 Å². The van der Waals surface area contributed by atoms with Crippen molar-refractivity contribution in [2.45, 2.75) is 24.9 Å². The molecule has 1 heterocycles. The summed E-state index contributed by atoms with van der Waals surface area (Å²) in [6.07, 6.45) is 2.52. The molecule has 1 N–H and O–H groups in total. The van der Waals surface area contributed by atoms with E-state index in [1.807, 2.05) is 0 Å². The molecule has 2 atom stereocenters. The van der Waals surface area contributed by atoms with Gasteiger partial charge in [-0.3, -0.25) is 10.1 Å². The monoisotopic (exact) mass is 185 g/mol. The van der Waals surface area contributed by atoms with Crippen molar-refractivity contribution in [1.29, 1.82) is 0 Å². The summed E-state index contributed by atoms with van der Waals surface area (Å²) in [6, 6.07) is 0.0993. The normalized spacial score (nSPS) is 34.2. The number of hydrogen-bond acceptors (Lipinski definition) is 4. The van der Waals surface area contributed by atoms with Crippen molar-refractivity contribution in [3.8, 4) is 0 Å². The van der Waals surface area contributed by atoms with E-state index in [2.05, 4.69) is 10.1 Å². The Bertz CT molecular complexity index is 203. The summed E-state index contributed by atoms with van der Waals surface area (Å²) in [7, 11) is 1.41. The second-order valence-electron chi connectivity index (χ2n) is 3.72. The quantitative estimate of drug-likeness (QED) is 0.612. The molecule has 0 radical (unpaired) electrons. The maximum Gasteiger partial charge on any atom is 0.325 e. The van der Waals surface area contributed by atoms with E-state index in [0.717, 1.165) is 6.61 Å². The van der Waals surface area contributed by atoms with Crippen LogP contribution >= 0.6 is 0 Å². The molecule has 0 aromatic heterocycles. The first-order valence-electron chi connectivity index (χ1n) is 4.73. The summed E-state index contributed by atoms with van der Waals surface area (Å²) in [5.41, 5.74) is 0. The number of carbonyl (C=O) groups excluding carboxylic acids is 1. The van der Waals surface area contributed by atoms with E-state index in [4.69, 9.17) is 4.74 Å². The van der Waals surface area contributed by atoms with Crippen LogP contribution in [0.1, 0.15) is 12.8 Å². The van der Waals surface area contributed by atoms with Gasteiger partial charge in [0, 0.05) is 6.04 Å². The summed E-state index contributed by atoms with van der Waals surface area (Å²) in [5, 5.41) is 3.27. The van der Waals surface area contributed by atoms with E-state index in [0.29, 0.717) is 18.6 Å². The number of carbonyl (C=O) groups is 1. The van der Waals surface area contributed by atoms with Gasteiger partial charge < -0.3 is 9.47 Å². The fourth-order valence-electron chi connectivity index (χ4n) is 1.72. The first-order valence-corrected chi connectivity index (χ1v) is 4.73. The second kappa shape index (κ2) is 3.64. The Hall–Kier alpha value is -0.610. The summed E-state index contributed by atoms with van der Waals surface area (Å²) in [5.74, 6) is 0.498. The van der Waals surface area contributed by atoms with Crippen LogP contribution < -0.4 is 5.32 Å². The zero-order valence-electron chi connectivity index (χ0n) is 7.79. The van der Waals surface area contributed by atoms with Crippen molar-refractivity contribution >= 4 is 5.97 Å². The van der Waals surface area contributed by atoms with Gasteiger partial charge >= 0.3 is 5.97 Å². The predicted octanol–water partition coefficient (Wildman–Crippen LogP) is -0.0736. The molecule has 0 aromatic carbocycles. The van der Waals surface area contributed by atoms with Crippen LogP contribution in [0.25, 0.3) is 0 Å². The lowest BCUT2D eigenvalue weighted by Gasteiger charge is -2.29. The predicted molar refractivity (Wildman–Crippen MR) is 46.3 cm³/mol. The van der Waals surface area contributed by atoms with Gasteiger partial charge in [0.2, 0.25) is 0 Å². The number of morpholine rings is 1. The highest BCUT2D eigenvalue weighted by atomic mass is 16.5. The molecule has 0 spiro atoms. The van der Waals surface area contributed by atoms with Crippen LogP contribution in [0, 0.1) is 5.92 Å². The zero-order valence-corrected chi connectivity index (χ0v) is 7.79. The topological polar surface area (TPSA) is 47.6 Å². The Morgan fingerprint density at radius 3 is 2.85 bits per heavy atom. The Labute approximate surface area is 77.6 Å². The van der Waals surface area contributed by atoms with E-state index < -0.39 is 0 Å². The fraction of sp³-hybridized carbons (Fsp3) is 0.889. The third kappa shape index (κ3) is 2.00. The third-order valence-corrected chi connectivity index (χ3v) is 2.67.